The number of carbonyl (C=O) groups excluding carboxylic acids is 2. The highest BCUT2D eigenvalue weighted by Gasteiger charge is 2.37. The van der Waals surface area contributed by atoms with Gasteiger partial charge in [-0.1, -0.05) is 6.92 Å². The number of alkyl halides is 3. The summed E-state index contributed by atoms with van der Waals surface area (Å²) in [6.45, 7) is 2.17. The number of nitrogens with zero attached hydrogens (tertiary/aromatic N) is 3. The molecule has 27 heavy (non-hydrogen) atoms. The van der Waals surface area contributed by atoms with Gasteiger partial charge in [-0.05, 0) is 59.6 Å². The fourth-order valence-corrected chi connectivity index (χ4v) is 3.40. The van der Waals surface area contributed by atoms with E-state index in [4.69, 9.17) is 0 Å². The van der Waals surface area contributed by atoms with Crippen molar-refractivity contribution in [1.29, 1.82) is 0 Å². The molecule has 1 saturated heterocycles. The third-order valence-electron chi connectivity index (χ3n) is 4.11. The normalized spacial score (nSPS) is 15.0. The van der Waals surface area contributed by atoms with Crippen molar-refractivity contribution in [2.75, 3.05) is 11.4 Å². The number of carbonyl (C=O) groups is 2. The molecule has 0 unspecified atom stereocenters. The van der Waals surface area contributed by atoms with Gasteiger partial charge in [0.1, 0.15) is 6.54 Å². The van der Waals surface area contributed by atoms with Gasteiger partial charge in [-0.3, -0.25) is 9.78 Å². The minimum absolute atomic E-state index is 0.00780. The lowest BCUT2D eigenvalue weighted by molar-refractivity contribution is -0.116. The van der Waals surface area contributed by atoms with Crippen molar-refractivity contribution in [3.63, 3.8) is 0 Å². The summed E-state index contributed by atoms with van der Waals surface area (Å²) in [5.74, 6) is -0.414. The second-order valence-electron chi connectivity index (χ2n) is 5.91. The molecule has 2 aromatic rings. The zero-order valence-electron chi connectivity index (χ0n) is 14.4. The van der Waals surface area contributed by atoms with Gasteiger partial charge in [0, 0.05) is 23.8 Å². The van der Waals surface area contributed by atoms with Crippen LogP contribution in [0.1, 0.15) is 18.1 Å². The van der Waals surface area contributed by atoms with E-state index in [1.807, 2.05) is 13.0 Å². The van der Waals surface area contributed by atoms with Crippen LogP contribution >= 0.6 is 11.8 Å². The van der Waals surface area contributed by atoms with Crippen LogP contribution in [0, 0.1) is 0 Å². The Bertz CT molecular complexity index is 856. The third kappa shape index (κ3) is 4.41. The van der Waals surface area contributed by atoms with Crippen molar-refractivity contribution in [2.45, 2.75) is 30.3 Å². The number of anilines is 1. The highest BCUT2D eigenvalue weighted by molar-refractivity contribution is 8.00. The van der Waals surface area contributed by atoms with E-state index < -0.39 is 17.4 Å². The van der Waals surface area contributed by atoms with E-state index >= 15 is 0 Å². The van der Waals surface area contributed by atoms with E-state index in [0.29, 0.717) is 0 Å². The predicted octanol–water partition coefficient (Wildman–Crippen LogP) is 4.22. The predicted molar refractivity (Wildman–Crippen MR) is 95.3 cm³/mol. The van der Waals surface area contributed by atoms with Gasteiger partial charge in [-0.15, -0.1) is 0 Å². The summed E-state index contributed by atoms with van der Waals surface area (Å²) in [6.07, 6.45) is 4.11. The molecule has 2 heterocycles. The topological polar surface area (TPSA) is 53.5 Å². The molecule has 1 aliphatic rings. The number of halogens is 3. The first-order valence-electron chi connectivity index (χ1n) is 8.18. The largest absolute Gasteiger partial charge is 0.446 e. The second-order valence-corrected chi connectivity index (χ2v) is 7.05. The maximum atomic E-state index is 12.7. The molecule has 0 saturated carbocycles. The Balaban J connectivity index is 1.76. The van der Waals surface area contributed by atoms with E-state index in [0.717, 1.165) is 22.4 Å². The summed E-state index contributed by atoms with van der Waals surface area (Å²) in [5, 5.41) is 0. The first kappa shape index (κ1) is 19.2. The minimum Gasteiger partial charge on any atom is -0.310 e. The number of aromatic nitrogens is 1. The number of hydrogen-bond donors (Lipinski definition) is 0. The summed E-state index contributed by atoms with van der Waals surface area (Å²) in [7, 11) is 0. The Labute approximate surface area is 158 Å². The molecule has 1 fully saturated rings. The van der Waals surface area contributed by atoms with E-state index in [-0.39, 0.29) is 35.4 Å². The Morgan fingerprint density at radius 2 is 1.81 bits per heavy atom. The molecule has 0 bridgehead atoms. The van der Waals surface area contributed by atoms with Gasteiger partial charge in [-0.2, -0.15) is 13.2 Å². The van der Waals surface area contributed by atoms with Crippen LogP contribution in [0.4, 0.5) is 23.7 Å². The van der Waals surface area contributed by atoms with Gasteiger partial charge in [0.05, 0.1) is 5.69 Å². The molecule has 3 amide bonds. The van der Waals surface area contributed by atoms with Crippen LogP contribution in [0.5, 0.6) is 0 Å². The van der Waals surface area contributed by atoms with Gasteiger partial charge >= 0.3 is 11.5 Å². The van der Waals surface area contributed by atoms with Crippen molar-refractivity contribution in [3.8, 4) is 0 Å². The zero-order valence-corrected chi connectivity index (χ0v) is 15.2. The average molecular weight is 395 g/mol. The highest BCUT2D eigenvalue weighted by atomic mass is 32.2. The van der Waals surface area contributed by atoms with Crippen molar-refractivity contribution < 1.29 is 22.8 Å². The molecule has 5 nitrogen and oxygen atoms in total. The van der Waals surface area contributed by atoms with E-state index in [9.17, 15) is 22.8 Å². The van der Waals surface area contributed by atoms with Crippen molar-refractivity contribution in [3.05, 3.63) is 53.9 Å². The van der Waals surface area contributed by atoms with Crippen LogP contribution in [0.25, 0.3) is 0 Å². The van der Waals surface area contributed by atoms with Gasteiger partial charge < -0.3 is 4.90 Å². The molecule has 0 radical (unpaired) electrons. The molecule has 9 heteroatoms. The van der Waals surface area contributed by atoms with Crippen molar-refractivity contribution in [2.24, 2.45) is 0 Å². The Morgan fingerprint density at radius 3 is 2.44 bits per heavy atom. The number of amides is 3. The lowest BCUT2D eigenvalue weighted by Crippen LogP contribution is -2.32. The number of thioether (sulfide) groups is 1. The number of hydrogen-bond acceptors (Lipinski definition) is 4. The molecule has 0 N–H and O–H groups in total. The minimum atomic E-state index is -4.39. The summed E-state index contributed by atoms with van der Waals surface area (Å²) in [6, 6.07) is 6.50. The lowest BCUT2D eigenvalue weighted by atomic mass is 10.1. The van der Waals surface area contributed by atoms with Crippen LogP contribution in [-0.2, 0) is 17.8 Å². The molecule has 1 aromatic heterocycles. The third-order valence-corrected chi connectivity index (χ3v) is 4.85. The van der Waals surface area contributed by atoms with Crippen LogP contribution in [-0.4, -0.2) is 33.9 Å². The lowest BCUT2D eigenvalue weighted by Gasteiger charge is -2.18. The highest BCUT2D eigenvalue weighted by Crippen LogP contribution is 2.37. The van der Waals surface area contributed by atoms with E-state index in [1.165, 1.54) is 29.2 Å². The van der Waals surface area contributed by atoms with Crippen LogP contribution < -0.4 is 4.90 Å². The molecule has 0 spiro atoms. The number of pyridine rings is 1. The quantitative estimate of drug-likeness (QED) is 0.562. The molecule has 142 valence electrons. The number of aryl methyl sites for hydroxylation is 1. The van der Waals surface area contributed by atoms with Crippen LogP contribution in [0.2, 0.25) is 0 Å². The number of benzene rings is 1. The molecule has 0 aliphatic carbocycles. The average Bonchev–Trinajstić information content (AvgIpc) is 2.88. The van der Waals surface area contributed by atoms with Crippen molar-refractivity contribution in [1.82, 2.24) is 9.88 Å². The molecular weight excluding hydrogens is 379 g/mol. The summed E-state index contributed by atoms with van der Waals surface area (Å²) in [4.78, 5) is 31.4. The monoisotopic (exact) mass is 395 g/mol. The fraction of sp³-hybridized carbons (Fsp3) is 0.278. The van der Waals surface area contributed by atoms with Gasteiger partial charge in [0.15, 0.2) is 0 Å². The van der Waals surface area contributed by atoms with Gasteiger partial charge in [-0.25, -0.2) is 9.69 Å². The van der Waals surface area contributed by atoms with Crippen LogP contribution in [0.3, 0.4) is 0 Å². The first-order chi connectivity index (χ1) is 12.8. The molecule has 1 aromatic carbocycles. The Kier molecular flexibility index (Phi) is 5.41. The molecular formula is C18H16F3N3O2S. The van der Waals surface area contributed by atoms with E-state index in [2.05, 4.69) is 4.98 Å². The summed E-state index contributed by atoms with van der Waals surface area (Å²) < 4.78 is 37.3. The van der Waals surface area contributed by atoms with Crippen molar-refractivity contribution >= 4 is 29.4 Å². The zero-order chi connectivity index (χ0) is 19.6. The van der Waals surface area contributed by atoms with E-state index in [1.54, 1.807) is 12.4 Å². The maximum Gasteiger partial charge on any atom is 0.446 e. The fourth-order valence-electron chi connectivity index (χ4n) is 2.86. The smallest absolute Gasteiger partial charge is 0.310 e. The Hall–Kier alpha value is -2.55. The van der Waals surface area contributed by atoms with Crippen LogP contribution in [0.15, 0.2) is 47.6 Å². The number of urea groups is 1. The molecule has 0 atom stereocenters. The maximum absolute atomic E-state index is 12.7. The second kappa shape index (κ2) is 7.59. The summed E-state index contributed by atoms with van der Waals surface area (Å²) in [5.41, 5.74) is -2.24. The number of imide groups is 1. The molecule has 3 rings (SSSR count). The summed E-state index contributed by atoms with van der Waals surface area (Å²) >= 11 is -0.245. The first-order valence-corrected chi connectivity index (χ1v) is 8.99. The molecule has 1 aliphatic heterocycles. The standard InChI is InChI=1S/C18H16F3N3O2S/c1-2-12-9-22-8-7-13(12)10-23-11-16(25)24(17(23)26)14-3-5-15(6-4-14)27-18(19,20)21/h3-9H,2,10-11H2,1H3. The van der Waals surface area contributed by atoms with Gasteiger partial charge in [0.25, 0.3) is 5.91 Å². The SMILES string of the molecule is CCc1cnccc1CN1CC(=O)N(c2ccc(SC(F)(F)F)cc2)C1=O. The number of rotatable bonds is 5. The Morgan fingerprint density at radius 1 is 1.11 bits per heavy atom. The van der Waals surface area contributed by atoms with Gasteiger partial charge in [0.2, 0.25) is 0 Å².